The van der Waals surface area contributed by atoms with Gasteiger partial charge in [-0.25, -0.2) is 9.78 Å². The minimum absolute atomic E-state index is 0.0359. The first-order valence-corrected chi connectivity index (χ1v) is 8.14. The molecule has 0 radical (unpaired) electrons. The van der Waals surface area contributed by atoms with Gasteiger partial charge in [0.1, 0.15) is 0 Å². The van der Waals surface area contributed by atoms with Crippen molar-refractivity contribution in [1.82, 2.24) is 25.1 Å². The molecule has 0 aliphatic rings. The molecule has 0 aliphatic carbocycles. The molecule has 2 atom stereocenters. The Hall–Kier alpha value is -1.86. The first kappa shape index (κ1) is 16.5. The predicted octanol–water partition coefficient (Wildman–Crippen LogP) is 1.94. The van der Waals surface area contributed by atoms with Gasteiger partial charge in [-0.1, -0.05) is 6.07 Å². The van der Waals surface area contributed by atoms with Crippen LogP contribution in [0.15, 0.2) is 36.2 Å². The number of nitrogens with zero attached hydrogens (tertiary/aromatic N) is 3. The summed E-state index contributed by atoms with van der Waals surface area (Å²) in [5.74, 6) is 0. The number of likely N-dealkylation sites (N-methyl/N-ethyl adjacent to an activating group) is 1. The second-order valence-electron chi connectivity index (χ2n) is 5.51. The Kier molecular flexibility index (Phi) is 5.97. The summed E-state index contributed by atoms with van der Waals surface area (Å²) in [5.41, 5.74) is 0. The van der Waals surface area contributed by atoms with Crippen molar-refractivity contribution in [3.05, 3.63) is 41.1 Å². The van der Waals surface area contributed by atoms with E-state index in [2.05, 4.69) is 32.0 Å². The van der Waals surface area contributed by atoms with E-state index < -0.39 is 0 Å². The van der Waals surface area contributed by atoms with Crippen LogP contribution in [0.25, 0.3) is 0 Å². The van der Waals surface area contributed by atoms with E-state index in [4.69, 9.17) is 0 Å². The summed E-state index contributed by atoms with van der Waals surface area (Å²) < 4.78 is 1.94. The van der Waals surface area contributed by atoms with Crippen LogP contribution in [0.2, 0.25) is 0 Å². The SMILES string of the molecule is C[C@@H](Cn1ccnc1)NC(=O)NC[C@H](c1cccs1)N(C)C. The van der Waals surface area contributed by atoms with Gasteiger partial charge in [-0.3, -0.25) is 0 Å². The van der Waals surface area contributed by atoms with E-state index in [9.17, 15) is 4.79 Å². The van der Waals surface area contributed by atoms with Crippen LogP contribution in [0, 0.1) is 0 Å². The molecule has 0 bridgehead atoms. The van der Waals surface area contributed by atoms with E-state index in [-0.39, 0.29) is 18.1 Å². The highest BCUT2D eigenvalue weighted by atomic mass is 32.1. The number of carbonyl (C=O) groups excluding carboxylic acids is 1. The van der Waals surface area contributed by atoms with Gasteiger partial charge >= 0.3 is 6.03 Å². The minimum Gasteiger partial charge on any atom is -0.336 e. The fourth-order valence-corrected chi connectivity index (χ4v) is 3.16. The van der Waals surface area contributed by atoms with Gasteiger partial charge in [0.05, 0.1) is 12.4 Å². The fraction of sp³-hybridized carbons (Fsp3) is 0.467. The normalized spacial score (nSPS) is 13.8. The number of amides is 2. The molecule has 0 saturated carbocycles. The standard InChI is InChI=1S/C15H23N5OS/c1-12(10-20-7-6-16-11-20)18-15(21)17-9-13(19(2)3)14-5-4-8-22-14/h4-8,11-13H,9-10H2,1-3H3,(H2,17,18,21)/t12-,13+/m0/s1. The lowest BCUT2D eigenvalue weighted by molar-refractivity contribution is 0.229. The van der Waals surface area contributed by atoms with E-state index in [0.29, 0.717) is 13.1 Å². The second-order valence-corrected chi connectivity index (χ2v) is 6.49. The van der Waals surface area contributed by atoms with Gasteiger partial charge in [0.15, 0.2) is 0 Å². The summed E-state index contributed by atoms with van der Waals surface area (Å²) in [6, 6.07) is 4.21. The van der Waals surface area contributed by atoms with Crippen molar-refractivity contribution in [3.63, 3.8) is 0 Å². The van der Waals surface area contributed by atoms with E-state index in [1.807, 2.05) is 37.8 Å². The number of nitrogens with one attached hydrogen (secondary N) is 2. The molecule has 0 aromatic carbocycles. The fourth-order valence-electron chi connectivity index (χ4n) is 2.24. The molecule has 0 unspecified atom stereocenters. The van der Waals surface area contributed by atoms with Gasteiger partial charge in [-0.05, 0) is 32.5 Å². The zero-order valence-corrected chi connectivity index (χ0v) is 14.0. The predicted molar refractivity (Wildman–Crippen MR) is 89.0 cm³/mol. The van der Waals surface area contributed by atoms with Crippen LogP contribution in [0.4, 0.5) is 4.79 Å². The van der Waals surface area contributed by atoms with Crippen LogP contribution >= 0.6 is 11.3 Å². The molecule has 2 rings (SSSR count). The van der Waals surface area contributed by atoms with Crippen LogP contribution in [-0.2, 0) is 6.54 Å². The van der Waals surface area contributed by atoms with Crippen molar-refractivity contribution in [2.75, 3.05) is 20.6 Å². The Morgan fingerprint density at radius 3 is 2.91 bits per heavy atom. The average Bonchev–Trinajstić information content (AvgIpc) is 3.11. The highest BCUT2D eigenvalue weighted by molar-refractivity contribution is 7.10. The zero-order chi connectivity index (χ0) is 15.9. The Balaban J connectivity index is 1.78. The Morgan fingerprint density at radius 2 is 2.32 bits per heavy atom. The third-order valence-corrected chi connectivity index (χ3v) is 4.35. The van der Waals surface area contributed by atoms with E-state index in [1.165, 1.54) is 4.88 Å². The summed E-state index contributed by atoms with van der Waals surface area (Å²) in [6.07, 6.45) is 5.36. The molecule has 22 heavy (non-hydrogen) atoms. The summed E-state index contributed by atoms with van der Waals surface area (Å²) in [6.45, 7) is 3.26. The lowest BCUT2D eigenvalue weighted by Gasteiger charge is -2.24. The van der Waals surface area contributed by atoms with Gasteiger partial charge < -0.3 is 20.1 Å². The Labute approximate surface area is 135 Å². The number of urea groups is 1. The Morgan fingerprint density at radius 1 is 1.50 bits per heavy atom. The highest BCUT2D eigenvalue weighted by Crippen LogP contribution is 2.22. The number of carbonyl (C=O) groups is 1. The third-order valence-electron chi connectivity index (χ3n) is 3.37. The van der Waals surface area contributed by atoms with Crippen molar-refractivity contribution in [2.45, 2.75) is 25.6 Å². The van der Waals surface area contributed by atoms with Gasteiger partial charge in [0, 0.05) is 36.4 Å². The van der Waals surface area contributed by atoms with Crippen molar-refractivity contribution in [1.29, 1.82) is 0 Å². The topological polar surface area (TPSA) is 62.2 Å². The number of aromatic nitrogens is 2. The maximum Gasteiger partial charge on any atom is 0.315 e. The smallest absolute Gasteiger partial charge is 0.315 e. The van der Waals surface area contributed by atoms with Crippen molar-refractivity contribution >= 4 is 17.4 Å². The molecule has 2 aromatic heterocycles. The molecule has 120 valence electrons. The van der Waals surface area contributed by atoms with Gasteiger partial charge in [0.2, 0.25) is 0 Å². The third kappa shape index (κ3) is 4.85. The van der Waals surface area contributed by atoms with E-state index >= 15 is 0 Å². The molecule has 7 heteroatoms. The molecule has 2 heterocycles. The molecule has 2 aromatic rings. The van der Waals surface area contributed by atoms with Crippen LogP contribution < -0.4 is 10.6 Å². The number of thiophene rings is 1. The number of rotatable bonds is 7. The average molecular weight is 321 g/mol. The molecule has 0 aliphatic heterocycles. The second kappa shape index (κ2) is 7.95. The maximum atomic E-state index is 12.0. The summed E-state index contributed by atoms with van der Waals surface area (Å²) in [5, 5.41) is 7.95. The van der Waals surface area contributed by atoms with Crippen LogP contribution in [0.1, 0.15) is 17.8 Å². The van der Waals surface area contributed by atoms with Crippen molar-refractivity contribution in [3.8, 4) is 0 Å². The molecule has 2 amide bonds. The number of hydrogen-bond donors (Lipinski definition) is 2. The van der Waals surface area contributed by atoms with E-state index in [0.717, 1.165) is 0 Å². The summed E-state index contributed by atoms with van der Waals surface area (Å²) in [7, 11) is 4.04. The molecule has 0 spiro atoms. The molecule has 0 fully saturated rings. The van der Waals surface area contributed by atoms with Gasteiger partial charge in [0.25, 0.3) is 0 Å². The minimum atomic E-state index is -0.143. The van der Waals surface area contributed by atoms with Crippen LogP contribution in [0.5, 0.6) is 0 Å². The maximum absolute atomic E-state index is 12.0. The Bertz CT molecular complexity index is 553. The van der Waals surface area contributed by atoms with Crippen LogP contribution in [0.3, 0.4) is 0 Å². The quantitative estimate of drug-likeness (QED) is 0.819. The van der Waals surface area contributed by atoms with Crippen molar-refractivity contribution in [2.24, 2.45) is 0 Å². The molecule has 0 saturated heterocycles. The largest absolute Gasteiger partial charge is 0.336 e. The highest BCUT2D eigenvalue weighted by Gasteiger charge is 2.16. The molecule has 6 nitrogen and oxygen atoms in total. The summed E-state index contributed by atoms with van der Waals surface area (Å²) >= 11 is 1.70. The number of imidazole rings is 1. The first-order chi connectivity index (χ1) is 10.6. The monoisotopic (exact) mass is 321 g/mol. The lowest BCUT2D eigenvalue weighted by atomic mass is 10.2. The summed E-state index contributed by atoms with van der Waals surface area (Å²) in [4.78, 5) is 19.4. The van der Waals surface area contributed by atoms with E-state index in [1.54, 1.807) is 23.9 Å². The number of hydrogen-bond acceptors (Lipinski definition) is 4. The molecular formula is C15H23N5OS. The van der Waals surface area contributed by atoms with Crippen LogP contribution in [-0.4, -0.2) is 47.2 Å². The van der Waals surface area contributed by atoms with Crippen molar-refractivity contribution < 1.29 is 4.79 Å². The first-order valence-electron chi connectivity index (χ1n) is 7.26. The molecule has 2 N–H and O–H groups in total. The molecular weight excluding hydrogens is 298 g/mol. The van der Waals surface area contributed by atoms with Gasteiger partial charge in [-0.15, -0.1) is 11.3 Å². The zero-order valence-electron chi connectivity index (χ0n) is 13.2. The lowest BCUT2D eigenvalue weighted by Crippen LogP contribution is -2.44. The van der Waals surface area contributed by atoms with Gasteiger partial charge in [-0.2, -0.15) is 0 Å².